The molecule has 0 saturated heterocycles. The standard InChI is InChI=1S/C16H26O/c1-2-3-4-5-6-7-8-15-9-11-16(12-10-15)13-14-17/h9-12,17H,2-8,13-14H2,1H3. The first-order chi connectivity index (χ1) is 8.36. The number of rotatable bonds is 9. The van der Waals surface area contributed by atoms with Gasteiger partial charge < -0.3 is 5.11 Å². The van der Waals surface area contributed by atoms with Crippen molar-refractivity contribution in [2.24, 2.45) is 0 Å². The van der Waals surface area contributed by atoms with Crippen LogP contribution in [0.4, 0.5) is 0 Å². The van der Waals surface area contributed by atoms with E-state index in [9.17, 15) is 0 Å². The van der Waals surface area contributed by atoms with Crippen LogP contribution in [0.3, 0.4) is 0 Å². The fraction of sp³-hybridized carbons (Fsp3) is 0.625. The summed E-state index contributed by atoms with van der Waals surface area (Å²) in [5, 5.41) is 8.83. The highest BCUT2D eigenvalue weighted by Gasteiger charge is 1.95. The van der Waals surface area contributed by atoms with Crippen LogP contribution >= 0.6 is 0 Å². The first-order valence-electron chi connectivity index (χ1n) is 7.05. The first-order valence-corrected chi connectivity index (χ1v) is 7.05. The minimum absolute atomic E-state index is 0.247. The molecule has 0 aliphatic rings. The zero-order valence-corrected chi connectivity index (χ0v) is 11.1. The number of aryl methyl sites for hydroxylation is 1. The molecule has 0 radical (unpaired) electrons. The van der Waals surface area contributed by atoms with Crippen molar-refractivity contribution in [2.45, 2.75) is 58.3 Å². The third-order valence-electron chi connectivity index (χ3n) is 3.24. The molecule has 0 heterocycles. The van der Waals surface area contributed by atoms with Gasteiger partial charge in [0.25, 0.3) is 0 Å². The number of aliphatic hydroxyl groups excluding tert-OH is 1. The quantitative estimate of drug-likeness (QED) is 0.637. The second kappa shape index (κ2) is 9.23. The van der Waals surface area contributed by atoms with Crippen LogP contribution < -0.4 is 0 Å². The maximum atomic E-state index is 8.83. The number of benzene rings is 1. The first kappa shape index (κ1) is 14.2. The predicted molar refractivity (Wildman–Crippen MR) is 74.3 cm³/mol. The van der Waals surface area contributed by atoms with E-state index in [1.54, 1.807) is 0 Å². The number of hydrogen-bond donors (Lipinski definition) is 1. The van der Waals surface area contributed by atoms with Gasteiger partial charge in [-0.25, -0.2) is 0 Å². The molecule has 0 fully saturated rings. The van der Waals surface area contributed by atoms with Crippen molar-refractivity contribution in [1.29, 1.82) is 0 Å². The Kier molecular flexibility index (Phi) is 7.74. The molecular weight excluding hydrogens is 208 g/mol. The number of aliphatic hydroxyl groups is 1. The maximum Gasteiger partial charge on any atom is 0.0471 e. The van der Waals surface area contributed by atoms with E-state index in [4.69, 9.17) is 5.11 Å². The molecular formula is C16H26O. The molecule has 1 aromatic rings. The third-order valence-corrected chi connectivity index (χ3v) is 3.24. The fourth-order valence-corrected chi connectivity index (χ4v) is 2.11. The van der Waals surface area contributed by atoms with Gasteiger partial charge in [0.1, 0.15) is 0 Å². The molecule has 0 atom stereocenters. The molecule has 1 aromatic carbocycles. The molecule has 0 saturated carbocycles. The minimum atomic E-state index is 0.247. The highest BCUT2D eigenvalue weighted by Crippen LogP contribution is 2.11. The molecule has 17 heavy (non-hydrogen) atoms. The lowest BCUT2D eigenvalue weighted by atomic mass is 10.0. The molecule has 0 aromatic heterocycles. The van der Waals surface area contributed by atoms with E-state index < -0.39 is 0 Å². The van der Waals surface area contributed by atoms with Crippen molar-refractivity contribution in [2.75, 3.05) is 6.61 Å². The zero-order valence-electron chi connectivity index (χ0n) is 11.1. The molecule has 0 bridgehead atoms. The average Bonchev–Trinajstić information content (AvgIpc) is 2.36. The molecule has 1 rings (SSSR count). The average molecular weight is 234 g/mol. The minimum Gasteiger partial charge on any atom is -0.396 e. The molecule has 0 unspecified atom stereocenters. The zero-order chi connectivity index (χ0) is 12.3. The van der Waals surface area contributed by atoms with Crippen LogP contribution in [0.15, 0.2) is 24.3 Å². The van der Waals surface area contributed by atoms with Gasteiger partial charge in [0.2, 0.25) is 0 Å². The Morgan fingerprint density at radius 2 is 1.29 bits per heavy atom. The Balaban J connectivity index is 2.14. The van der Waals surface area contributed by atoms with Crippen LogP contribution in [0.25, 0.3) is 0 Å². The van der Waals surface area contributed by atoms with Gasteiger partial charge in [-0.05, 0) is 30.4 Å². The summed E-state index contributed by atoms with van der Waals surface area (Å²) in [5.74, 6) is 0. The molecule has 96 valence electrons. The van der Waals surface area contributed by atoms with Gasteiger partial charge in [-0.1, -0.05) is 63.3 Å². The second-order valence-corrected chi connectivity index (χ2v) is 4.81. The van der Waals surface area contributed by atoms with Crippen molar-refractivity contribution < 1.29 is 5.11 Å². The van der Waals surface area contributed by atoms with E-state index >= 15 is 0 Å². The summed E-state index contributed by atoms with van der Waals surface area (Å²) in [5.41, 5.74) is 2.67. The normalized spacial score (nSPS) is 10.7. The van der Waals surface area contributed by atoms with Crippen molar-refractivity contribution in [3.8, 4) is 0 Å². The van der Waals surface area contributed by atoms with Crippen molar-refractivity contribution >= 4 is 0 Å². The van der Waals surface area contributed by atoms with Crippen LogP contribution in [-0.2, 0) is 12.8 Å². The van der Waals surface area contributed by atoms with E-state index in [2.05, 4.69) is 31.2 Å². The summed E-state index contributed by atoms with van der Waals surface area (Å²) < 4.78 is 0. The van der Waals surface area contributed by atoms with Crippen molar-refractivity contribution in [3.05, 3.63) is 35.4 Å². The number of hydrogen-bond acceptors (Lipinski definition) is 1. The Morgan fingerprint density at radius 3 is 1.88 bits per heavy atom. The van der Waals surface area contributed by atoms with Gasteiger partial charge in [-0.15, -0.1) is 0 Å². The summed E-state index contributed by atoms with van der Waals surface area (Å²) in [7, 11) is 0. The topological polar surface area (TPSA) is 20.2 Å². The van der Waals surface area contributed by atoms with Crippen LogP contribution in [0.5, 0.6) is 0 Å². The predicted octanol–water partition coefficient (Wildman–Crippen LogP) is 4.12. The Hall–Kier alpha value is -0.820. The van der Waals surface area contributed by atoms with Gasteiger partial charge in [0.15, 0.2) is 0 Å². The summed E-state index contributed by atoms with van der Waals surface area (Å²) in [4.78, 5) is 0. The lowest BCUT2D eigenvalue weighted by Crippen LogP contribution is -1.91. The molecule has 1 heteroatoms. The summed E-state index contributed by atoms with van der Waals surface area (Å²) >= 11 is 0. The second-order valence-electron chi connectivity index (χ2n) is 4.81. The Morgan fingerprint density at radius 1 is 0.765 bits per heavy atom. The van der Waals surface area contributed by atoms with E-state index in [0.29, 0.717) is 0 Å². The van der Waals surface area contributed by atoms with E-state index in [1.165, 1.54) is 56.1 Å². The van der Waals surface area contributed by atoms with Gasteiger partial charge >= 0.3 is 0 Å². The third kappa shape index (κ3) is 6.48. The Labute approximate surface area is 106 Å². The molecule has 0 aliphatic heterocycles. The van der Waals surface area contributed by atoms with Crippen molar-refractivity contribution in [3.63, 3.8) is 0 Å². The highest BCUT2D eigenvalue weighted by molar-refractivity contribution is 5.22. The lowest BCUT2D eigenvalue weighted by Gasteiger charge is -2.03. The van der Waals surface area contributed by atoms with E-state index in [1.807, 2.05) is 0 Å². The van der Waals surface area contributed by atoms with Crippen LogP contribution in [-0.4, -0.2) is 11.7 Å². The van der Waals surface area contributed by atoms with Crippen LogP contribution in [0.2, 0.25) is 0 Å². The summed E-state index contributed by atoms with van der Waals surface area (Å²) in [6.45, 7) is 2.50. The highest BCUT2D eigenvalue weighted by atomic mass is 16.2. The van der Waals surface area contributed by atoms with Gasteiger partial charge in [-0.2, -0.15) is 0 Å². The van der Waals surface area contributed by atoms with E-state index in [0.717, 1.165) is 6.42 Å². The smallest absolute Gasteiger partial charge is 0.0471 e. The molecule has 0 aliphatic carbocycles. The summed E-state index contributed by atoms with van der Waals surface area (Å²) in [6.07, 6.45) is 10.1. The van der Waals surface area contributed by atoms with Gasteiger partial charge in [0.05, 0.1) is 0 Å². The Bertz CT molecular complexity index is 276. The largest absolute Gasteiger partial charge is 0.396 e. The summed E-state index contributed by atoms with van der Waals surface area (Å²) in [6, 6.07) is 8.69. The van der Waals surface area contributed by atoms with Crippen LogP contribution in [0, 0.1) is 0 Å². The molecule has 0 amide bonds. The van der Waals surface area contributed by atoms with E-state index in [-0.39, 0.29) is 6.61 Å². The molecule has 1 N–H and O–H groups in total. The maximum absolute atomic E-state index is 8.83. The van der Waals surface area contributed by atoms with Gasteiger partial charge in [-0.3, -0.25) is 0 Å². The van der Waals surface area contributed by atoms with Crippen molar-refractivity contribution in [1.82, 2.24) is 0 Å². The van der Waals surface area contributed by atoms with Gasteiger partial charge in [0, 0.05) is 6.61 Å². The molecule has 0 spiro atoms. The molecule has 1 nitrogen and oxygen atoms in total. The lowest BCUT2D eigenvalue weighted by molar-refractivity contribution is 0.299. The SMILES string of the molecule is CCCCCCCCc1ccc(CCO)cc1. The monoisotopic (exact) mass is 234 g/mol. The number of unbranched alkanes of at least 4 members (excludes halogenated alkanes) is 5. The fourth-order valence-electron chi connectivity index (χ4n) is 2.11. The van der Waals surface area contributed by atoms with Crippen LogP contribution in [0.1, 0.15) is 56.6 Å².